The number of aromatic nitrogens is 2. The number of imidazole rings is 1. The first-order valence-electron chi connectivity index (χ1n) is 7.30. The first-order chi connectivity index (χ1) is 9.74. The summed E-state index contributed by atoms with van der Waals surface area (Å²) >= 11 is 6.00. The predicted molar refractivity (Wildman–Crippen MR) is 89.1 cm³/mol. The quantitative estimate of drug-likeness (QED) is 0.938. The Balaban J connectivity index is 0.00000161. The van der Waals surface area contributed by atoms with E-state index in [4.69, 9.17) is 17.3 Å². The molecule has 0 aliphatic carbocycles. The molecule has 1 unspecified atom stereocenters. The maximum Gasteiger partial charge on any atom is 0.137 e. The minimum absolute atomic E-state index is 0. The maximum absolute atomic E-state index is 6.00. The summed E-state index contributed by atoms with van der Waals surface area (Å²) in [4.78, 5) is 7.15. The second-order valence-electron chi connectivity index (χ2n) is 5.67. The predicted octanol–water partition coefficient (Wildman–Crippen LogP) is 2.97. The van der Waals surface area contributed by atoms with E-state index in [-0.39, 0.29) is 12.4 Å². The first-order valence-corrected chi connectivity index (χ1v) is 7.68. The molecule has 116 valence electrons. The lowest BCUT2D eigenvalue weighted by atomic mass is 9.95. The van der Waals surface area contributed by atoms with Crippen molar-refractivity contribution in [2.45, 2.75) is 25.8 Å². The van der Waals surface area contributed by atoms with Crippen molar-refractivity contribution in [1.29, 1.82) is 0 Å². The van der Waals surface area contributed by atoms with E-state index < -0.39 is 0 Å². The lowest BCUT2D eigenvalue weighted by molar-refractivity contribution is 0.161. The van der Waals surface area contributed by atoms with Gasteiger partial charge in [-0.3, -0.25) is 4.90 Å². The molecule has 1 aliphatic rings. The number of hydrogen-bond donors (Lipinski definition) is 1. The smallest absolute Gasteiger partial charge is 0.137 e. The van der Waals surface area contributed by atoms with Crippen LogP contribution >= 0.6 is 24.0 Å². The largest absolute Gasteiger partial charge is 0.330 e. The van der Waals surface area contributed by atoms with E-state index in [1.165, 1.54) is 12.8 Å². The van der Waals surface area contributed by atoms with Gasteiger partial charge in [-0.1, -0.05) is 11.6 Å². The molecule has 1 atom stereocenters. The zero-order chi connectivity index (χ0) is 13.9. The van der Waals surface area contributed by atoms with E-state index in [0.29, 0.717) is 0 Å². The summed E-state index contributed by atoms with van der Waals surface area (Å²) in [6.45, 7) is 4.02. The molecular formula is C15H22Cl2N4. The molecule has 0 spiro atoms. The molecule has 1 saturated heterocycles. The number of likely N-dealkylation sites (tertiary alicyclic amines) is 1. The van der Waals surface area contributed by atoms with Crippen LogP contribution in [-0.4, -0.2) is 33.9 Å². The standard InChI is InChI=1S/C15H21ClN4.ClH/c16-13-3-4-15-18-14(11-20(15)9-13)10-19-7-1-2-12(8-19)5-6-17;/h3-4,9,11-12H,1-2,5-8,10,17H2;1H. The molecule has 4 nitrogen and oxygen atoms in total. The molecule has 0 radical (unpaired) electrons. The van der Waals surface area contributed by atoms with Crippen LogP contribution < -0.4 is 5.73 Å². The van der Waals surface area contributed by atoms with Gasteiger partial charge in [-0.15, -0.1) is 12.4 Å². The number of nitrogens with two attached hydrogens (primary N) is 1. The topological polar surface area (TPSA) is 46.6 Å². The molecule has 3 heterocycles. The molecule has 2 aromatic rings. The van der Waals surface area contributed by atoms with Gasteiger partial charge in [-0.25, -0.2) is 4.98 Å². The van der Waals surface area contributed by atoms with Gasteiger partial charge in [0, 0.05) is 25.5 Å². The highest BCUT2D eigenvalue weighted by molar-refractivity contribution is 6.30. The number of fused-ring (bicyclic) bond motifs is 1. The minimum Gasteiger partial charge on any atom is -0.330 e. The van der Waals surface area contributed by atoms with Crippen LogP contribution in [0.4, 0.5) is 0 Å². The lowest BCUT2D eigenvalue weighted by Crippen LogP contribution is -2.35. The molecule has 0 aromatic carbocycles. The Morgan fingerprint density at radius 1 is 1.33 bits per heavy atom. The summed E-state index contributed by atoms with van der Waals surface area (Å²) in [5, 5.41) is 0.738. The monoisotopic (exact) mass is 328 g/mol. The summed E-state index contributed by atoms with van der Waals surface area (Å²) in [5.41, 5.74) is 7.75. The van der Waals surface area contributed by atoms with Crippen molar-refractivity contribution >= 4 is 29.7 Å². The van der Waals surface area contributed by atoms with E-state index in [9.17, 15) is 0 Å². The first kappa shape index (κ1) is 16.6. The van der Waals surface area contributed by atoms with Crippen LogP contribution in [0.5, 0.6) is 0 Å². The van der Waals surface area contributed by atoms with Gasteiger partial charge in [0.1, 0.15) is 5.65 Å². The van der Waals surface area contributed by atoms with Crippen LogP contribution in [0.15, 0.2) is 24.5 Å². The van der Waals surface area contributed by atoms with E-state index >= 15 is 0 Å². The van der Waals surface area contributed by atoms with Gasteiger partial charge in [0.05, 0.1) is 10.7 Å². The number of rotatable bonds is 4. The van der Waals surface area contributed by atoms with Crippen LogP contribution in [0.25, 0.3) is 5.65 Å². The van der Waals surface area contributed by atoms with Gasteiger partial charge in [0.25, 0.3) is 0 Å². The zero-order valence-electron chi connectivity index (χ0n) is 12.0. The number of pyridine rings is 1. The Morgan fingerprint density at radius 3 is 3.00 bits per heavy atom. The second kappa shape index (κ2) is 7.45. The summed E-state index contributed by atoms with van der Waals surface area (Å²) in [7, 11) is 0. The molecule has 0 saturated carbocycles. The van der Waals surface area contributed by atoms with Crippen LogP contribution in [0, 0.1) is 5.92 Å². The average Bonchev–Trinajstić information content (AvgIpc) is 2.81. The van der Waals surface area contributed by atoms with E-state index in [1.807, 2.05) is 22.7 Å². The Kier molecular flexibility index (Phi) is 5.88. The lowest BCUT2D eigenvalue weighted by Gasteiger charge is -2.32. The molecule has 1 fully saturated rings. The van der Waals surface area contributed by atoms with Gasteiger partial charge < -0.3 is 10.1 Å². The van der Waals surface area contributed by atoms with E-state index in [0.717, 1.165) is 54.9 Å². The molecule has 2 aromatic heterocycles. The third kappa shape index (κ3) is 4.10. The molecule has 21 heavy (non-hydrogen) atoms. The SMILES string of the molecule is Cl.NCCC1CCCN(Cc2cn3cc(Cl)ccc3n2)C1. The van der Waals surface area contributed by atoms with Crippen molar-refractivity contribution in [3.8, 4) is 0 Å². The van der Waals surface area contributed by atoms with Gasteiger partial charge in [0.2, 0.25) is 0 Å². The van der Waals surface area contributed by atoms with Crippen molar-refractivity contribution in [3.05, 3.63) is 35.2 Å². The fourth-order valence-electron chi connectivity index (χ4n) is 3.09. The summed E-state index contributed by atoms with van der Waals surface area (Å²) in [6, 6.07) is 3.84. The minimum atomic E-state index is 0. The van der Waals surface area contributed by atoms with E-state index in [1.54, 1.807) is 0 Å². The molecule has 3 rings (SSSR count). The Labute approximate surface area is 136 Å². The van der Waals surface area contributed by atoms with Gasteiger partial charge >= 0.3 is 0 Å². The second-order valence-corrected chi connectivity index (χ2v) is 6.10. The highest BCUT2D eigenvalue weighted by Gasteiger charge is 2.20. The van der Waals surface area contributed by atoms with Crippen molar-refractivity contribution < 1.29 is 0 Å². The number of hydrogen-bond acceptors (Lipinski definition) is 3. The van der Waals surface area contributed by atoms with Crippen LogP contribution in [0.3, 0.4) is 0 Å². The summed E-state index contributed by atoms with van der Waals surface area (Å²) in [6.07, 6.45) is 7.70. The van der Waals surface area contributed by atoms with Crippen molar-refractivity contribution in [3.63, 3.8) is 0 Å². The zero-order valence-corrected chi connectivity index (χ0v) is 13.6. The number of nitrogens with zero attached hydrogens (tertiary/aromatic N) is 3. The van der Waals surface area contributed by atoms with Gasteiger partial charge in [0.15, 0.2) is 0 Å². The Hall–Kier alpha value is -0.810. The molecule has 2 N–H and O–H groups in total. The normalized spacial score (nSPS) is 19.6. The van der Waals surface area contributed by atoms with Crippen LogP contribution in [-0.2, 0) is 6.54 Å². The molecule has 0 bridgehead atoms. The van der Waals surface area contributed by atoms with Crippen molar-refractivity contribution in [2.75, 3.05) is 19.6 Å². The Morgan fingerprint density at radius 2 is 2.19 bits per heavy atom. The summed E-state index contributed by atoms with van der Waals surface area (Å²) < 4.78 is 2.00. The molecule has 0 amide bonds. The third-order valence-corrected chi connectivity index (χ3v) is 4.25. The summed E-state index contributed by atoms with van der Waals surface area (Å²) in [5.74, 6) is 0.750. The number of piperidine rings is 1. The van der Waals surface area contributed by atoms with Crippen molar-refractivity contribution in [2.24, 2.45) is 11.7 Å². The Bertz CT molecular complexity index is 582. The highest BCUT2D eigenvalue weighted by Crippen LogP contribution is 2.21. The van der Waals surface area contributed by atoms with Crippen LogP contribution in [0.2, 0.25) is 5.02 Å². The molecular weight excluding hydrogens is 307 g/mol. The van der Waals surface area contributed by atoms with Crippen molar-refractivity contribution in [1.82, 2.24) is 14.3 Å². The van der Waals surface area contributed by atoms with Gasteiger partial charge in [-0.2, -0.15) is 0 Å². The fraction of sp³-hybridized carbons (Fsp3) is 0.533. The third-order valence-electron chi connectivity index (χ3n) is 4.03. The maximum atomic E-state index is 6.00. The van der Waals surface area contributed by atoms with Gasteiger partial charge in [-0.05, 0) is 50.4 Å². The molecule has 6 heteroatoms. The molecule has 1 aliphatic heterocycles. The number of halogens is 2. The fourth-order valence-corrected chi connectivity index (χ4v) is 3.26. The average molecular weight is 329 g/mol. The van der Waals surface area contributed by atoms with Crippen LogP contribution in [0.1, 0.15) is 25.0 Å². The van der Waals surface area contributed by atoms with E-state index in [2.05, 4.69) is 16.1 Å². The highest BCUT2D eigenvalue weighted by atomic mass is 35.5.